The predicted molar refractivity (Wildman–Crippen MR) is 96.6 cm³/mol. The number of esters is 1. The van der Waals surface area contributed by atoms with Gasteiger partial charge < -0.3 is 9.64 Å². The quantitative estimate of drug-likeness (QED) is 0.800. The molecule has 6 nitrogen and oxygen atoms in total. The minimum atomic E-state index is -0.496. The van der Waals surface area contributed by atoms with Crippen molar-refractivity contribution in [2.45, 2.75) is 33.1 Å². The first-order chi connectivity index (χ1) is 12.1. The fraction of sp³-hybridized carbons (Fsp3) is 0.421. The molecule has 0 N–H and O–H groups in total. The summed E-state index contributed by atoms with van der Waals surface area (Å²) in [5.41, 5.74) is 2.24. The normalized spacial score (nSPS) is 14.4. The molecule has 0 saturated carbocycles. The van der Waals surface area contributed by atoms with Gasteiger partial charge in [-0.2, -0.15) is 9.78 Å². The van der Waals surface area contributed by atoms with Crippen molar-refractivity contribution in [2.24, 2.45) is 0 Å². The van der Waals surface area contributed by atoms with E-state index in [2.05, 4.69) is 10.00 Å². The third-order valence-corrected chi connectivity index (χ3v) is 4.36. The number of anilines is 1. The van der Waals surface area contributed by atoms with Crippen molar-refractivity contribution >= 4 is 11.7 Å². The van der Waals surface area contributed by atoms with E-state index in [1.54, 1.807) is 6.92 Å². The average molecular weight is 341 g/mol. The van der Waals surface area contributed by atoms with Gasteiger partial charge in [0.25, 0.3) is 5.56 Å². The van der Waals surface area contributed by atoms with Crippen LogP contribution < -0.4 is 10.5 Å². The van der Waals surface area contributed by atoms with E-state index in [4.69, 9.17) is 4.74 Å². The van der Waals surface area contributed by atoms with Gasteiger partial charge in [0.1, 0.15) is 0 Å². The highest BCUT2D eigenvalue weighted by molar-refractivity contribution is 5.93. The van der Waals surface area contributed by atoms with Crippen LogP contribution in [0.3, 0.4) is 0 Å². The lowest BCUT2D eigenvalue weighted by atomic mass is 10.1. The number of aromatic nitrogens is 2. The number of carbonyl (C=O) groups excluding carboxylic acids is 1. The molecule has 132 valence electrons. The first kappa shape index (κ1) is 17.2. The average Bonchev–Trinajstić information content (AvgIpc) is 2.63. The van der Waals surface area contributed by atoms with Crippen molar-refractivity contribution in [3.8, 4) is 5.69 Å². The summed E-state index contributed by atoms with van der Waals surface area (Å²) < 4.78 is 6.43. The van der Waals surface area contributed by atoms with Gasteiger partial charge in [0, 0.05) is 19.2 Å². The van der Waals surface area contributed by atoms with Gasteiger partial charge in [0.05, 0.1) is 18.0 Å². The van der Waals surface area contributed by atoms with Gasteiger partial charge in [0.15, 0.2) is 5.69 Å². The number of rotatable bonds is 4. The molecule has 1 aromatic heterocycles. The van der Waals surface area contributed by atoms with Crippen molar-refractivity contribution in [3.05, 3.63) is 51.9 Å². The molecule has 2 heterocycles. The van der Waals surface area contributed by atoms with E-state index in [-0.39, 0.29) is 17.9 Å². The van der Waals surface area contributed by atoms with Crippen molar-refractivity contribution in [1.82, 2.24) is 9.78 Å². The van der Waals surface area contributed by atoms with Crippen LogP contribution in [-0.2, 0) is 4.74 Å². The smallest absolute Gasteiger partial charge is 0.360 e. The van der Waals surface area contributed by atoms with Crippen LogP contribution >= 0.6 is 0 Å². The summed E-state index contributed by atoms with van der Waals surface area (Å²) in [6, 6.07) is 8.96. The number of aryl methyl sites for hydroxylation is 1. The molecule has 1 aliphatic heterocycles. The third kappa shape index (κ3) is 3.73. The van der Waals surface area contributed by atoms with E-state index < -0.39 is 5.97 Å². The summed E-state index contributed by atoms with van der Waals surface area (Å²) in [6.45, 7) is 5.64. The second kappa shape index (κ2) is 7.51. The Kier molecular flexibility index (Phi) is 5.16. The molecule has 0 unspecified atom stereocenters. The minimum Gasteiger partial charge on any atom is -0.461 e. The van der Waals surface area contributed by atoms with Gasteiger partial charge in [-0.05, 0) is 45.2 Å². The first-order valence-electron chi connectivity index (χ1n) is 8.73. The van der Waals surface area contributed by atoms with Crippen molar-refractivity contribution in [2.75, 3.05) is 24.6 Å². The lowest BCUT2D eigenvalue weighted by molar-refractivity contribution is 0.0518. The highest BCUT2D eigenvalue weighted by atomic mass is 16.5. The number of hydrogen-bond acceptors (Lipinski definition) is 5. The van der Waals surface area contributed by atoms with Gasteiger partial charge in [-0.15, -0.1) is 0 Å². The Balaban J connectivity index is 2.09. The monoisotopic (exact) mass is 341 g/mol. The van der Waals surface area contributed by atoms with Gasteiger partial charge in [-0.25, -0.2) is 4.79 Å². The molecule has 6 heteroatoms. The molecule has 3 rings (SSSR count). The maximum absolute atomic E-state index is 12.6. The molecule has 0 atom stereocenters. The Morgan fingerprint density at radius 3 is 2.48 bits per heavy atom. The van der Waals surface area contributed by atoms with Gasteiger partial charge in [-0.3, -0.25) is 4.79 Å². The Hall–Kier alpha value is -2.63. The zero-order valence-corrected chi connectivity index (χ0v) is 14.7. The van der Waals surface area contributed by atoms with Crippen molar-refractivity contribution in [1.29, 1.82) is 0 Å². The van der Waals surface area contributed by atoms with E-state index in [0.717, 1.165) is 31.5 Å². The summed E-state index contributed by atoms with van der Waals surface area (Å²) >= 11 is 0. The zero-order chi connectivity index (χ0) is 17.8. The van der Waals surface area contributed by atoms with Crippen LogP contribution in [0.2, 0.25) is 0 Å². The van der Waals surface area contributed by atoms with Crippen molar-refractivity contribution < 1.29 is 9.53 Å². The number of carbonyl (C=O) groups is 1. The SMILES string of the molecule is CCOC(=O)c1nn(-c2ccc(C)cc2)c(=O)cc1N1CCCCC1. The van der Waals surface area contributed by atoms with Crippen LogP contribution in [0.5, 0.6) is 0 Å². The van der Waals surface area contributed by atoms with E-state index in [1.807, 2.05) is 31.2 Å². The van der Waals surface area contributed by atoms with E-state index >= 15 is 0 Å². The molecule has 0 aliphatic carbocycles. The molecule has 0 amide bonds. The van der Waals surface area contributed by atoms with Crippen LogP contribution in [0, 0.1) is 6.92 Å². The summed E-state index contributed by atoms with van der Waals surface area (Å²) in [5, 5.41) is 4.35. The third-order valence-electron chi connectivity index (χ3n) is 4.36. The maximum Gasteiger partial charge on any atom is 0.360 e. The lowest BCUT2D eigenvalue weighted by Gasteiger charge is -2.29. The van der Waals surface area contributed by atoms with E-state index in [0.29, 0.717) is 11.4 Å². The standard InChI is InChI=1S/C19H23N3O3/c1-3-25-19(24)18-16(21-11-5-4-6-12-21)13-17(23)22(20-18)15-9-7-14(2)8-10-15/h7-10,13H,3-6,11-12H2,1-2H3. The predicted octanol–water partition coefficient (Wildman–Crippen LogP) is 2.71. The molecule has 0 spiro atoms. The van der Waals surface area contributed by atoms with Crippen LogP contribution in [-0.4, -0.2) is 35.4 Å². The molecule has 0 bridgehead atoms. The molecule has 25 heavy (non-hydrogen) atoms. The highest BCUT2D eigenvalue weighted by Gasteiger charge is 2.23. The lowest BCUT2D eigenvalue weighted by Crippen LogP contribution is -2.34. The van der Waals surface area contributed by atoms with Gasteiger partial charge >= 0.3 is 5.97 Å². The summed E-state index contributed by atoms with van der Waals surface area (Å²) in [5.74, 6) is -0.496. The van der Waals surface area contributed by atoms with Crippen LogP contribution in [0.25, 0.3) is 5.69 Å². The Bertz CT molecular complexity index is 806. The van der Waals surface area contributed by atoms with Crippen LogP contribution in [0.4, 0.5) is 5.69 Å². The molecular weight excluding hydrogens is 318 g/mol. The second-order valence-electron chi connectivity index (χ2n) is 6.23. The van der Waals surface area contributed by atoms with Gasteiger partial charge in [0.2, 0.25) is 0 Å². The summed E-state index contributed by atoms with van der Waals surface area (Å²) in [4.78, 5) is 27.1. The fourth-order valence-electron chi connectivity index (χ4n) is 3.04. The minimum absolute atomic E-state index is 0.198. The topological polar surface area (TPSA) is 64.4 Å². The molecule has 1 aliphatic rings. The van der Waals surface area contributed by atoms with E-state index in [1.165, 1.54) is 17.2 Å². The van der Waals surface area contributed by atoms with Crippen LogP contribution in [0.1, 0.15) is 42.2 Å². The zero-order valence-electron chi connectivity index (χ0n) is 14.7. The molecule has 1 fully saturated rings. The second-order valence-corrected chi connectivity index (χ2v) is 6.23. The molecular formula is C19H23N3O3. The molecule has 2 aromatic rings. The number of piperidine rings is 1. The molecule has 1 aromatic carbocycles. The van der Waals surface area contributed by atoms with E-state index in [9.17, 15) is 9.59 Å². The number of nitrogens with zero attached hydrogens (tertiary/aromatic N) is 3. The summed E-state index contributed by atoms with van der Waals surface area (Å²) in [7, 11) is 0. The fourth-order valence-corrected chi connectivity index (χ4v) is 3.04. The number of hydrogen-bond donors (Lipinski definition) is 0. The largest absolute Gasteiger partial charge is 0.461 e. The highest BCUT2D eigenvalue weighted by Crippen LogP contribution is 2.22. The number of benzene rings is 1. The maximum atomic E-state index is 12.6. The molecule has 0 radical (unpaired) electrons. The molecule has 1 saturated heterocycles. The Morgan fingerprint density at radius 2 is 1.84 bits per heavy atom. The number of ether oxygens (including phenoxy) is 1. The van der Waals surface area contributed by atoms with Crippen LogP contribution in [0.15, 0.2) is 35.1 Å². The summed E-state index contributed by atoms with van der Waals surface area (Å²) in [6.07, 6.45) is 3.26. The first-order valence-corrected chi connectivity index (χ1v) is 8.73. The Labute approximate surface area is 147 Å². The van der Waals surface area contributed by atoms with Crippen molar-refractivity contribution in [3.63, 3.8) is 0 Å². The van der Waals surface area contributed by atoms with Gasteiger partial charge in [-0.1, -0.05) is 17.7 Å². The Morgan fingerprint density at radius 1 is 1.16 bits per heavy atom.